The number of aromatic nitrogens is 1. The number of nitrogens with zero attached hydrogens (tertiary/aromatic N) is 1. The lowest BCUT2D eigenvalue weighted by molar-refractivity contribution is -0.688. The quantitative estimate of drug-likeness (QED) is 0.621. The molecule has 0 spiro atoms. The van der Waals surface area contributed by atoms with Crippen LogP contribution < -0.4 is 4.57 Å². The first-order valence-corrected chi connectivity index (χ1v) is 6.51. The topological polar surface area (TPSA) is 3.88 Å². The third kappa shape index (κ3) is 2.71. The summed E-state index contributed by atoms with van der Waals surface area (Å²) in [7, 11) is 0. The van der Waals surface area contributed by atoms with Gasteiger partial charge in [-0.1, -0.05) is 60.7 Å². The summed E-state index contributed by atoms with van der Waals surface area (Å²) in [5, 5.41) is 0. The lowest BCUT2D eigenvalue weighted by atomic mass is 10.00. The molecule has 0 saturated heterocycles. The predicted molar refractivity (Wildman–Crippen MR) is 77.6 cm³/mol. The van der Waals surface area contributed by atoms with Crippen LogP contribution in [-0.4, -0.2) is 0 Å². The van der Waals surface area contributed by atoms with Crippen molar-refractivity contribution in [1.29, 1.82) is 0 Å². The van der Waals surface area contributed by atoms with Gasteiger partial charge in [0.05, 0.1) is 0 Å². The van der Waals surface area contributed by atoms with Gasteiger partial charge in [0.25, 0.3) is 0 Å². The summed E-state index contributed by atoms with van der Waals surface area (Å²) >= 11 is 0. The standard InChI is InChI=1S/C18H16N/c1-3-9-16(10-4-1)18-12-6-5-11-17(18)15-19-13-7-2-8-14-19/h1-14H,15H2/q+1. The van der Waals surface area contributed by atoms with E-state index in [1.807, 2.05) is 6.07 Å². The van der Waals surface area contributed by atoms with Gasteiger partial charge < -0.3 is 0 Å². The Balaban J connectivity index is 1.99. The Morgan fingerprint density at radius 3 is 2.05 bits per heavy atom. The average molecular weight is 246 g/mol. The van der Waals surface area contributed by atoms with Crippen molar-refractivity contribution in [2.45, 2.75) is 6.54 Å². The Kier molecular flexibility index (Phi) is 3.37. The molecular weight excluding hydrogens is 230 g/mol. The Morgan fingerprint density at radius 1 is 0.632 bits per heavy atom. The van der Waals surface area contributed by atoms with E-state index in [2.05, 4.69) is 83.7 Å². The molecule has 92 valence electrons. The van der Waals surface area contributed by atoms with Crippen LogP contribution in [0.3, 0.4) is 0 Å². The van der Waals surface area contributed by atoms with E-state index in [0.29, 0.717) is 0 Å². The maximum Gasteiger partial charge on any atom is 0.174 e. The number of pyridine rings is 1. The summed E-state index contributed by atoms with van der Waals surface area (Å²) in [6, 6.07) is 25.3. The molecule has 3 aromatic rings. The van der Waals surface area contributed by atoms with E-state index in [1.165, 1.54) is 16.7 Å². The maximum atomic E-state index is 2.20. The fraction of sp³-hybridized carbons (Fsp3) is 0.0556. The molecule has 0 radical (unpaired) electrons. The Labute approximate surface area is 113 Å². The van der Waals surface area contributed by atoms with Gasteiger partial charge >= 0.3 is 0 Å². The molecule has 1 heteroatoms. The van der Waals surface area contributed by atoms with Crippen LogP contribution in [0.5, 0.6) is 0 Å². The molecule has 0 bridgehead atoms. The summed E-state index contributed by atoms with van der Waals surface area (Å²) in [5.41, 5.74) is 3.92. The van der Waals surface area contributed by atoms with Crippen molar-refractivity contribution < 1.29 is 4.57 Å². The van der Waals surface area contributed by atoms with Crippen LogP contribution in [0.2, 0.25) is 0 Å². The van der Waals surface area contributed by atoms with Gasteiger partial charge in [-0.3, -0.25) is 0 Å². The highest BCUT2D eigenvalue weighted by atomic mass is 14.9. The molecular formula is C18H16N+. The number of benzene rings is 2. The first kappa shape index (κ1) is 11.7. The van der Waals surface area contributed by atoms with Crippen LogP contribution in [0.4, 0.5) is 0 Å². The number of rotatable bonds is 3. The summed E-state index contributed by atoms with van der Waals surface area (Å²) in [6.07, 6.45) is 4.20. The molecule has 0 N–H and O–H groups in total. The zero-order valence-corrected chi connectivity index (χ0v) is 10.7. The van der Waals surface area contributed by atoms with Gasteiger partial charge in [0.1, 0.15) is 0 Å². The van der Waals surface area contributed by atoms with Gasteiger partial charge in [-0.05, 0) is 11.1 Å². The summed E-state index contributed by atoms with van der Waals surface area (Å²) < 4.78 is 2.20. The molecule has 3 rings (SSSR count). The van der Waals surface area contributed by atoms with Crippen molar-refractivity contribution in [3.05, 3.63) is 90.8 Å². The monoisotopic (exact) mass is 246 g/mol. The zero-order chi connectivity index (χ0) is 12.9. The second-order valence-corrected chi connectivity index (χ2v) is 4.57. The minimum absolute atomic E-state index is 0.895. The molecule has 1 aromatic heterocycles. The van der Waals surface area contributed by atoms with Gasteiger partial charge in [0.15, 0.2) is 18.9 Å². The van der Waals surface area contributed by atoms with Crippen molar-refractivity contribution in [2.24, 2.45) is 0 Å². The molecule has 1 nitrogen and oxygen atoms in total. The van der Waals surface area contributed by atoms with Crippen molar-refractivity contribution in [3.63, 3.8) is 0 Å². The van der Waals surface area contributed by atoms with E-state index in [9.17, 15) is 0 Å². The second kappa shape index (κ2) is 5.49. The molecule has 0 amide bonds. The summed E-state index contributed by atoms with van der Waals surface area (Å²) in [4.78, 5) is 0. The zero-order valence-electron chi connectivity index (χ0n) is 10.7. The Bertz CT molecular complexity index is 645. The van der Waals surface area contributed by atoms with Crippen LogP contribution in [-0.2, 0) is 6.54 Å². The molecule has 0 atom stereocenters. The maximum absolute atomic E-state index is 2.20. The van der Waals surface area contributed by atoms with Gasteiger partial charge in [0.2, 0.25) is 0 Å². The lowest BCUT2D eigenvalue weighted by Crippen LogP contribution is -2.33. The normalized spacial score (nSPS) is 10.3. The molecule has 0 unspecified atom stereocenters. The van der Waals surface area contributed by atoms with E-state index in [0.717, 1.165) is 6.54 Å². The minimum atomic E-state index is 0.895. The SMILES string of the molecule is c1ccc(-c2ccccc2C[n+]2ccccc2)cc1. The lowest BCUT2D eigenvalue weighted by Gasteiger charge is -2.07. The van der Waals surface area contributed by atoms with Crippen LogP contribution in [0.1, 0.15) is 5.56 Å². The van der Waals surface area contributed by atoms with Crippen LogP contribution in [0, 0.1) is 0 Å². The summed E-state index contributed by atoms with van der Waals surface area (Å²) in [6.45, 7) is 0.895. The predicted octanol–water partition coefficient (Wildman–Crippen LogP) is 3.69. The second-order valence-electron chi connectivity index (χ2n) is 4.57. The number of hydrogen-bond donors (Lipinski definition) is 0. The van der Waals surface area contributed by atoms with Crippen molar-refractivity contribution in [1.82, 2.24) is 0 Å². The van der Waals surface area contributed by atoms with Gasteiger partial charge in [0, 0.05) is 17.7 Å². The molecule has 0 saturated carbocycles. The van der Waals surface area contributed by atoms with Crippen molar-refractivity contribution in [3.8, 4) is 11.1 Å². The fourth-order valence-corrected chi connectivity index (χ4v) is 2.29. The minimum Gasteiger partial charge on any atom is -0.201 e. The Hall–Kier alpha value is -2.41. The van der Waals surface area contributed by atoms with E-state index in [4.69, 9.17) is 0 Å². The van der Waals surface area contributed by atoms with Gasteiger partial charge in [-0.25, -0.2) is 4.57 Å². The molecule has 1 heterocycles. The van der Waals surface area contributed by atoms with E-state index in [-0.39, 0.29) is 0 Å². The first-order valence-electron chi connectivity index (χ1n) is 6.51. The van der Waals surface area contributed by atoms with E-state index < -0.39 is 0 Å². The first-order chi connectivity index (χ1) is 9.43. The molecule has 0 fully saturated rings. The molecule has 0 aliphatic heterocycles. The number of hydrogen-bond acceptors (Lipinski definition) is 0. The van der Waals surface area contributed by atoms with Gasteiger partial charge in [-0.15, -0.1) is 0 Å². The molecule has 0 aliphatic rings. The van der Waals surface area contributed by atoms with Crippen LogP contribution >= 0.6 is 0 Å². The fourth-order valence-electron chi connectivity index (χ4n) is 2.29. The highest BCUT2D eigenvalue weighted by Gasteiger charge is 2.08. The largest absolute Gasteiger partial charge is 0.201 e. The van der Waals surface area contributed by atoms with Crippen molar-refractivity contribution in [2.75, 3.05) is 0 Å². The van der Waals surface area contributed by atoms with E-state index >= 15 is 0 Å². The Morgan fingerprint density at radius 2 is 1.26 bits per heavy atom. The van der Waals surface area contributed by atoms with Gasteiger partial charge in [-0.2, -0.15) is 0 Å². The summed E-state index contributed by atoms with van der Waals surface area (Å²) in [5.74, 6) is 0. The van der Waals surface area contributed by atoms with Crippen LogP contribution in [0.25, 0.3) is 11.1 Å². The highest BCUT2D eigenvalue weighted by Crippen LogP contribution is 2.22. The van der Waals surface area contributed by atoms with E-state index in [1.54, 1.807) is 0 Å². The van der Waals surface area contributed by atoms with Crippen LogP contribution in [0.15, 0.2) is 85.2 Å². The molecule has 0 aliphatic carbocycles. The molecule has 2 aromatic carbocycles. The van der Waals surface area contributed by atoms with Crippen molar-refractivity contribution >= 4 is 0 Å². The smallest absolute Gasteiger partial charge is 0.174 e. The average Bonchev–Trinajstić information content (AvgIpc) is 2.50. The molecule has 19 heavy (non-hydrogen) atoms. The highest BCUT2D eigenvalue weighted by molar-refractivity contribution is 5.66. The third-order valence-electron chi connectivity index (χ3n) is 3.23. The third-order valence-corrected chi connectivity index (χ3v) is 3.23.